The van der Waals surface area contributed by atoms with Crippen molar-refractivity contribution in [3.8, 4) is 10.4 Å². The van der Waals surface area contributed by atoms with E-state index >= 15 is 0 Å². The first kappa shape index (κ1) is 27.2. The van der Waals surface area contributed by atoms with E-state index in [9.17, 15) is 19.5 Å². The number of thiazole rings is 1. The number of aromatic nitrogens is 1. The Balaban J connectivity index is 1.74. The van der Waals surface area contributed by atoms with E-state index in [0.717, 1.165) is 21.7 Å². The van der Waals surface area contributed by atoms with Crippen LogP contribution in [-0.4, -0.2) is 68.4 Å². The van der Waals surface area contributed by atoms with Gasteiger partial charge in [0.25, 0.3) is 0 Å². The van der Waals surface area contributed by atoms with Crippen molar-refractivity contribution < 1.29 is 19.5 Å². The lowest BCUT2D eigenvalue weighted by Gasteiger charge is -2.36. The van der Waals surface area contributed by atoms with Gasteiger partial charge in [0, 0.05) is 24.6 Å². The Bertz CT molecular complexity index is 1070. The lowest BCUT2D eigenvalue weighted by Crippen LogP contribution is -2.59. The van der Waals surface area contributed by atoms with E-state index in [0.29, 0.717) is 0 Å². The molecule has 3 N–H and O–H groups in total. The van der Waals surface area contributed by atoms with E-state index in [1.165, 1.54) is 23.6 Å². The van der Waals surface area contributed by atoms with E-state index in [-0.39, 0.29) is 36.7 Å². The minimum absolute atomic E-state index is 0.0503. The fraction of sp³-hybridized carbons (Fsp3) is 0.520. The summed E-state index contributed by atoms with van der Waals surface area (Å²) in [6, 6.07) is 6.04. The molecule has 1 aromatic carbocycles. The number of aliphatic hydroxyl groups excluding tert-OH is 1. The van der Waals surface area contributed by atoms with Crippen LogP contribution in [0.15, 0.2) is 29.8 Å². The minimum Gasteiger partial charge on any atom is -0.391 e. The molecule has 4 atom stereocenters. The Labute approximate surface area is 214 Å². The summed E-state index contributed by atoms with van der Waals surface area (Å²) in [6.07, 6.45) is 1.22. The average Bonchev–Trinajstić information content (AvgIpc) is 3.42. The second kappa shape index (κ2) is 11.1. The Morgan fingerprint density at radius 3 is 2.43 bits per heavy atom. The molecule has 1 aromatic heterocycles. The van der Waals surface area contributed by atoms with Crippen molar-refractivity contribution in [2.45, 2.75) is 70.0 Å². The molecule has 0 spiro atoms. The summed E-state index contributed by atoms with van der Waals surface area (Å²) in [5.41, 5.74) is 4.81. The van der Waals surface area contributed by atoms with E-state index in [4.69, 9.17) is 0 Å². The van der Waals surface area contributed by atoms with Crippen molar-refractivity contribution >= 4 is 40.8 Å². The van der Waals surface area contributed by atoms with Crippen LogP contribution < -0.4 is 10.6 Å². The van der Waals surface area contributed by atoms with E-state index < -0.39 is 22.9 Å². The molecule has 3 rings (SSSR count). The first-order valence-electron chi connectivity index (χ1n) is 11.6. The van der Waals surface area contributed by atoms with Gasteiger partial charge < -0.3 is 20.6 Å². The molecular formula is C25H34N4O4S2. The molecule has 8 nitrogen and oxygen atoms in total. The maximum Gasteiger partial charge on any atom is 0.247 e. The number of amides is 3. The maximum atomic E-state index is 13.5. The van der Waals surface area contributed by atoms with Crippen molar-refractivity contribution in [2.75, 3.05) is 12.8 Å². The average molecular weight is 519 g/mol. The quantitative estimate of drug-likeness (QED) is 0.496. The highest BCUT2D eigenvalue weighted by molar-refractivity contribution is 8.00. The summed E-state index contributed by atoms with van der Waals surface area (Å²) in [5, 5.41) is 16.1. The van der Waals surface area contributed by atoms with Gasteiger partial charge in [-0.2, -0.15) is 11.8 Å². The summed E-state index contributed by atoms with van der Waals surface area (Å²) in [6.45, 7) is 9.02. The highest BCUT2D eigenvalue weighted by Gasteiger charge is 2.45. The van der Waals surface area contributed by atoms with Gasteiger partial charge in [0.1, 0.15) is 12.1 Å². The summed E-state index contributed by atoms with van der Waals surface area (Å²) >= 11 is 3.04. The largest absolute Gasteiger partial charge is 0.391 e. The number of aliphatic hydroxyl groups is 1. The predicted octanol–water partition coefficient (Wildman–Crippen LogP) is 2.90. The number of β-amino-alcohol motifs (C(OH)–C–C–N with tert-alkyl or cyclic N) is 1. The Hall–Kier alpha value is -2.43. The van der Waals surface area contributed by atoms with Crippen LogP contribution in [0.1, 0.15) is 51.4 Å². The molecule has 190 valence electrons. The number of aryl methyl sites for hydroxylation is 1. The van der Waals surface area contributed by atoms with Crippen molar-refractivity contribution in [1.29, 1.82) is 0 Å². The first-order valence-corrected chi connectivity index (χ1v) is 13.7. The molecule has 1 aliphatic heterocycles. The fourth-order valence-corrected chi connectivity index (χ4v) is 5.43. The van der Waals surface area contributed by atoms with Crippen LogP contribution in [-0.2, 0) is 14.4 Å². The standard InChI is InChI=1S/C25H34N4O4S2/c1-14(17-7-9-18(10-8-17)21-15(2)26-13-35-21)27-23(32)20-11-19(31)12-29(20)24(33)22(28-16(3)30)25(4,5)34-6/h7-10,13-14,19-20,22,31H,11-12H2,1-6H3,(H,27,32)(H,28,30)/t14-,19+,20-,22+/m0/s1. The van der Waals surface area contributed by atoms with Gasteiger partial charge in [-0.1, -0.05) is 24.3 Å². The number of benzene rings is 1. The van der Waals surface area contributed by atoms with Gasteiger partial charge in [-0.3, -0.25) is 14.4 Å². The monoisotopic (exact) mass is 518 g/mol. The molecule has 10 heteroatoms. The van der Waals surface area contributed by atoms with Gasteiger partial charge in [-0.25, -0.2) is 4.98 Å². The van der Waals surface area contributed by atoms with Gasteiger partial charge in [-0.15, -0.1) is 11.3 Å². The summed E-state index contributed by atoms with van der Waals surface area (Å²) in [4.78, 5) is 45.3. The summed E-state index contributed by atoms with van der Waals surface area (Å²) in [5.74, 6) is -1.02. The molecule has 35 heavy (non-hydrogen) atoms. The molecule has 0 radical (unpaired) electrons. The SMILES string of the molecule is CSC(C)(C)[C@H](NC(C)=O)C(=O)N1C[C@H](O)C[C@H]1C(=O)N[C@@H](C)c1ccc(-c2scnc2C)cc1. The van der Waals surface area contributed by atoms with Crippen LogP contribution in [0.25, 0.3) is 10.4 Å². The number of carbonyl (C=O) groups is 3. The lowest BCUT2D eigenvalue weighted by atomic mass is 10.0. The molecular weight excluding hydrogens is 484 g/mol. The molecule has 3 amide bonds. The minimum atomic E-state index is -0.823. The van der Waals surface area contributed by atoms with Gasteiger partial charge in [0.2, 0.25) is 17.7 Å². The van der Waals surface area contributed by atoms with Crippen molar-refractivity contribution in [3.63, 3.8) is 0 Å². The second-order valence-corrected chi connectivity index (χ2v) is 11.8. The first-order chi connectivity index (χ1) is 16.4. The number of nitrogens with one attached hydrogen (secondary N) is 2. The van der Waals surface area contributed by atoms with Crippen LogP contribution in [0.4, 0.5) is 0 Å². The molecule has 1 fully saturated rings. The van der Waals surface area contributed by atoms with Crippen LogP contribution in [0.5, 0.6) is 0 Å². The predicted molar refractivity (Wildman–Crippen MR) is 140 cm³/mol. The van der Waals surface area contributed by atoms with Gasteiger partial charge in [0.05, 0.1) is 28.2 Å². The van der Waals surface area contributed by atoms with Crippen molar-refractivity contribution in [1.82, 2.24) is 20.5 Å². The molecule has 1 aliphatic rings. The zero-order valence-electron chi connectivity index (χ0n) is 21.0. The second-order valence-electron chi connectivity index (χ2n) is 9.46. The molecule has 1 saturated heterocycles. The molecule has 0 saturated carbocycles. The number of hydrogen-bond donors (Lipinski definition) is 3. The number of hydrogen-bond acceptors (Lipinski definition) is 7. The topological polar surface area (TPSA) is 112 Å². The van der Waals surface area contributed by atoms with Crippen molar-refractivity contribution in [3.05, 3.63) is 41.0 Å². The number of rotatable bonds is 8. The highest BCUT2D eigenvalue weighted by Crippen LogP contribution is 2.31. The van der Waals surface area contributed by atoms with Crippen LogP contribution >= 0.6 is 23.1 Å². The van der Waals surface area contributed by atoms with Gasteiger partial charge in [0.15, 0.2) is 0 Å². The number of thioether (sulfide) groups is 1. The third-order valence-electron chi connectivity index (χ3n) is 6.46. The smallest absolute Gasteiger partial charge is 0.247 e. The van der Waals surface area contributed by atoms with Crippen LogP contribution in [0.2, 0.25) is 0 Å². The fourth-order valence-electron chi connectivity index (χ4n) is 4.22. The molecule has 0 aliphatic carbocycles. The third-order valence-corrected chi connectivity index (χ3v) is 8.72. The van der Waals surface area contributed by atoms with E-state index in [2.05, 4.69) is 15.6 Å². The molecule has 2 heterocycles. The normalized spacial score (nSPS) is 19.8. The molecule has 0 bridgehead atoms. The lowest BCUT2D eigenvalue weighted by molar-refractivity contribution is -0.142. The van der Waals surface area contributed by atoms with Gasteiger partial charge >= 0.3 is 0 Å². The van der Waals surface area contributed by atoms with E-state index in [1.54, 1.807) is 11.3 Å². The third kappa shape index (κ3) is 6.23. The summed E-state index contributed by atoms with van der Waals surface area (Å²) < 4.78 is -0.594. The van der Waals surface area contributed by atoms with Gasteiger partial charge in [-0.05, 0) is 45.1 Å². The number of likely N-dealkylation sites (tertiary alicyclic amines) is 1. The number of carbonyl (C=O) groups excluding carboxylic acids is 3. The Morgan fingerprint density at radius 1 is 1.23 bits per heavy atom. The van der Waals surface area contributed by atoms with Crippen LogP contribution in [0, 0.1) is 6.92 Å². The Morgan fingerprint density at radius 2 is 1.89 bits per heavy atom. The Kier molecular flexibility index (Phi) is 8.61. The zero-order valence-corrected chi connectivity index (χ0v) is 22.6. The van der Waals surface area contributed by atoms with E-state index in [1.807, 2.05) is 63.7 Å². The highest BCUT2D eigenvalue weighted by atomic mass is 32.2. The molecule has 2 aromatic rings. The zero-order chi connectivity index (χ0) is 25.9. The number of nitrogens with zero attached hydrogens (tertiary/aromatic N) is 2. The summed E-state index contributed by atoms with van der Waals surface area (Å²) in [7, 11) is 0. The molecule has 0 unspecified atom stereocenters. The van der Waals surface area contributed by atoms with Crippen LogP contribution in [0.3, 0.4) is 0 Å². The maximum absolute atomic E-state index is 13.5. The van der Waals surface area contributed by atoms with Crippen molar-refractivity contribution in [2.24, 2.45) is 0 Å².